The lowest BCUT2D eigenvalue weighted by molar-refractivity contribution is 0.0356. The SMILES string of the molecule is C=C(N)SC(=C(C#N)/C(=C(\C)CC)c1c2c(c3cnc(N4CCCC4)nc3c1F)COC2)/C(F)=C\C.CCCCCN(CCC)CC(C)(C)O. The summed E-state index contributed by atoms with van der Waals surface area (Å²) in [6.07, 6.45) is 10.5. The van der Waals surface area contributed by atoms with Gasteiger partial charge in [-0.3, -0.25) is 0 Å². The lowest BCUT2D eigenvalue weighted by atomic mass is 9.86. The summed E-state index contributed by atoms with van der Waals surface area (Å²) in [6.45, 7) is 22.2. The normalized spacial score (nSPS) is 15.8. The maximum atomic E-state index is 16.6. The first kappa shape index (κ1) is 41.1. The van der Waals surface area contributed by atoms with E-state index in [1.165, 1.54) is 38.7 Å². The number of benzene rings is 1. The van der Waals surface area contributed by atoms with Crippen LogP contribution in [0.15, 0.2) is 45.8 Å². The van der Waals surface area contributed by atoms with Gasteiger partial charge in [0.25, 0.3) is 0 Å². The summed E-state index contributed by atoms with van der Waals surface area (Å²) in [4.78, 5) is 13.6. The highest BCUT2D eigenvalue weighted by Crippen LogP contribution is 2.44. The van der Waals surface area contributed by atoms with Crippen molar-refractivity contribution in [2.24, 2.45) is 5.73 Å². The Labute approximate surface area is 302 Å². The molecule has 0 atom stereocenters. The van der Waals surface area contributed by atoms with Crippen LogP contribution in [0.1, 0.15) is 110 Å². The molecule has 4 rings (SSSR count). The summed E-state index contributed by atoms with van der Waals surface area (Å²) in [7, 11) is 0. The van der Waals surface area contributed by atoms with E-state index in [0.717, 1.165) is 68.5 Å². The summed E-state index contributed by atoms with van der Waals surface area (Å²) < 4.78 is 37.4. The molecule has 0 radical (unpaired) electrons. The Morgan fingerprint density at radius 2 is 1.86 bits per heavy atom. The smallest absolute Gasteiger partial charge is 0.225 e. The van der Waals surface area contributed by atoms with E-state index in [4.69, 9.17) is 10.5 Å². The molecule has 2 aromatic rings. The number of anilines is 1. The average molecular weight is 711 g/mol. The number of hydrogen-bond acceptors (Lipinski definition) is 9. The number of fused-ring (bicyclic) bond motifs is 3. The topological polar surface area (TPSA) is 112 Å². The van der Waals surface area contributed by atoms with Gasteiger partial charge in [0.2, 0.25) is 5.95 Å². The molecule has 3 N–H and O–H groups in total. The fourth-order valence-corrected chi connectivity index (χ4v) is 7.11. The van der Waals surface area contributed by atoms with Gasteiger partial charge >= 0.3 is 0 Å². The maximum Gasteiger partial charge on any atom is 0.225 e. The first-order valence-electron chi connectivity index (χ1n) is 17.9. The minimum absolute atomic E-state index is 0.00252. The molecule has 1 aromatic heterocycles. The van der Waals surface area contributed by atoms with Crippen LogP contribution >= 0.6 is 11.8 Å². The molecule has 0 spiro atoms. The first-order valence-corrected chi connectivity index (χ1v) is 18.7. The summed E-state index contributed by atoms with van der Waals surface area (Å²) in [6, 6.07) is 2.13. The Bertz CT molecular complexity index is 1630. The Hall–Kier alpha value is -3.30. The number of allylic oxidation sites excluding steroid dienone is 5. The predicted octanol–water partition coefficient (Wildman–Crippen LogP) is 9.06. The zero-order valence-electron chi connectivity index (χ0n) is 31.1. The van der Waals surface area contributed by atoms with Crippen LogP contribution < -0.4 is 10.6 Å². The van der Waals surface area contributed by atoms with Crippen molar-refractivity contribution >= 4 is 34.2 Å². The fraction of sp³-hybridized carbons (Fsp3) is 0.564. The number of nitriles is 1. The van der Waals surface area contributed by atoms with Gasteiger partial charge in [-0.05, 0) is 84.0 Å². The summed E-state index contributed by atoms with van der Waals surface area (Å²) in [5, 5.41) is 20.7. The van der Waals surface area contributed by atoms with E-state index in [9.17, 15) is 10.4 Å². The van der Waals surface area contributed by atoms with E-state index in [-0.39, 0.29) is 39.8 Å². The molecular weight excluding hydrogens is 655 g/mol. The highest BCUT2D eigenvalue weighted by atomic mass is 32.2. The minimum Gasteiger partial charge on any atom is -0.394 e. The van der Waals surface area contributed by atoms with Crippen molar-refractivity contribution in [2.75, 3.05) is 37.6 Å². The van der Waals surface area contributed by atoms with E-state index >= 15 is 8.78 Å². The number of rotatable bonds is 15. The van der Waals surface area contributed by atoms with Crippen molar-refractivity contribution in [1.29, 1.82) is 5.26 Å². The molecule has 0 unspecified atom stereocenters. The zero-order chi connectivity index (χ0) is 37.0. The van der Waals surface area contributed by atoms with Gasteiger partial charge in [0.1, 0.15) is 17.4 Å². The van der Waals surface area contributed by atoms with Gasteiger partial charge in [-0.2, -0.15) is 5.26 Å². The molecule has 2 aliphatic rings. The van der Waals surface area contributed by atoms with E-state index in [2.05, 4.69) is 41.4 Å². The molecule has 274 valence electrons. The van der Waals surface area contributed by atoms with Gasteiger partial charge in [0.15, 0.2) is 5.82 Å². The van der Waals surface area contributed by atoms with Crippen molar-refractivity contribution < 1.29 is 18.6 Å². The third kappa shape index (κ3) is 10.6. The number of thioether (sulfide) groups is 1. The van der Waals surface area contributed by atoms with Gasteiger partial charge in [0, 0.05) is 42.4 Å². The van der Waals surface area contributed by atoms with Crippen LogP contribution in [0, 0.1) is 17.1 Å². The zero-order valence-corrected chi connectivity index (χ0v) is 31.9. The molecular formula is C39H56F2N6O2S. The Morgan fingerprint density at radius 1 is 1.18 bits per heavy atom. The quantitative estimate of drug-likeness (QED) is 0.106. The summed E-state index contributed by atoms with van der Waals surface area (Å²) in [5.74, 6) is -0.713. The molecule has 0 amide bonds. The number of aromatic nitrogens is 2. The second-order valence-corrected chi connectivity index (χ2v) is 14.7. The molecule has 1 aromatic carbocycles. The van der Waals surface area contributed by atoms with Crippen LogP contribution in [0.4, 0.5) is 14.7 Å². The minimum atomic E-state index is -0.628. The molecule has 0 saturated carbocycles. The van der Waals surface area contributed by atoms with Crippen molar-refractivity contribution in [3.63, 3.8) is 0 Å². The molecule has 11 heteroatoms. The number of hydrogen-bond donors (Lipinski definition) is 2. The van der Waals surface area contributed by atoms with Crippen LogP contribution in [-0.4, -0.2) is 58.3 Å². The molecule has 0 aliphatic carbocycles. The van der Waals surface area contributed by atoms with Gasteiger partial charge in [-0.15, -0.1) is 0 Å². The Morgan fingerprint density at radius 3 is 2.42 bits per heavy atom. The number of unbranched alkanes of at least 4 members (excludes halogenated alkanes) is 2. The number of ether oxygens (including phenoxy) is 1. The van der Waals surface area contributed by atoms with Crippen molar-refractivity contribution in [3.05, 3.63) is 68.3 Å². The Balaban J connectivity index is 0.000000409. The highest BCUT2D eigenvalue weighted by Gasteiger charge is 2.31. The van der Waals surface area contributed by atoms with Crippen molar-refractivity contribution in [3.8, 4) is 6.07 Å². The highest BCUT2D eigenvalue weighted by molar-refractivity contribution is 8.06. The van der Waals surface area contributed by atoms with Gasteiger partial charge < -0.3 is 25.4 Å². The predicted molar refractivity (Wildman–Crippen MR) is 203 cm³/mol. The van der Waals surface area contributed by atoms with Crippen LogP contribution in [0.25, 0.3) is 16.5 Å². The average Bonchev–Trinajstić information content (AvgIpc) is 3.80. The van der Waals surface area contributed by atoms with Crippen LogP contribution in [0.5, 0.6) is 0 Å². The van der Waals surface area contributed by atoms with Gasteiger partial charge in [-0.1, -0.05) is 63.6 Å². The van der Waals surface area contributed by atoms with Crippen molar-refractivity contribution in [1.82, 2.24) is 14.9 Å². The van der Waals surface area contributed by atoms with Crippen LogP contribution in [-0.2, 0) is 18.0 Å². The van der Waals surface area contributed by atoms with E-state index in [1.807, 2.05) is 32.6 Å². The summed E-state index contributed by atoms with van der Waals surface area (Å²) >= 11 is 0.855. The largest absolute Gasteiger partial charge is 0.394 e. The second-order valence-electron chi connectivity index (χ2n) is 13.6. The maximum absolute atomic E-state index is 16.6. The number of aliphatic hydroxyl groups is 1. The van der Waals surface area contributed by atoms with E-state index < -0.39 is 17.2 Å². The fourth-order valence-electron chi connectivity index (χ4n) is 6.38. The lowest BCUT2D eigenvalue weighted by Crippen LogP contribution is -2.39. The number of nitrogens with zero attached hydrogens (tertiary/aromatic N) is 5. The summed E-state index contributed by atoms with van der Waals surface area (Å²) in [5.41, 5.74) is 8.13. The molecule has 1 saturated heterocycles. The third-order valence-electron chi connectivity index (χ3n) is 8.80. The molecule has 8 nitrogen and oxygen atoms in total. The van der Waals surface area contributed by atoms with Gasteiger partial charge in [-0.25, -0.2) is 18.7 Å². The van der Waals surface area contributed by atoms with Gasteiger partial charge in [0.05, 0.1) is 34.3 Å². The van der Waals surface area contributed by atoms with Crippen LogP contribution in [0.2, 0.25) is 0 Å². The molecule has 0 bridgehead atoms. The van der Waals surface area contributed by atoms with Crippen LogP contribution in [0.3, 0.4) is 0 Å². The molecule has 50 heavy (non-hydrogen) atoms. The molecule has 1 fully saturated rings. The van der Waals surface area contributed by atoms with E-state index in [1.54, 1.807) is 6.20 Å². The second kappa shape index (κ2) is 19.3. The Kier molecular flexibility index (Phi) is 15.9. The van der Waals surface area contributed by atoms with E-state index in [0.29, 0.717) is 28.9 Å². The monoisotopic (exact) mass is 710 g/mol. The van der Waals surface area contributed by atoms with Crippen molar-refractivity contribution in [2.45, 2.75) is 112 Å². The number of halogens is 2. The molecule has 3 heterocycles. The molecule has 2 aliphatic heterocycles. The third-order valence-corrected chi connectivity index (χ3v) is 9.67. The first-order chi connectivity index (χ1) is 23.8. The number of nitrogens with two attached hydrogens (primary N) is 1. The lowest BCUT2D eigenvalue weighted by Gasteiger charge is -2.28. The standard InChI is InChI=1S/C27H29F2N5OS.C12H27NO/c1-5-15(3)22(17(11-30)26(21(28)6-2)36-16(4)31)23-20-14-35-13-19(20)18-12-32-27(33-25(18)24(23)29)34-9-7-8-10-34;1-5-7-8-10-13(9-6-2)11-12(3,4)14/h6,12H,4-5,7-10,13-14,31H2,1-3H3;14H,5-11H2,1-4H3/b21-6+,22-15-,26-17+;.